The predicted molar refractivity (Wildman–Crippen MR) is 112 cm³/mol. The minimum Gasteiger partial charge on any atom is -0.379 e. The minimum atomic E-state index is -3.60. The second-order valence-corrected chi connectivity index (χ2v) is 8.76. The fourth-order valence-corrected chi connectivity index (χ4v) is 4.58. The molecule has 1 heterocycles. The van der Waals surface area contributed by atoms with Gasteiger partial charge in [0.1, 0.15) is 0 Å². The number of carbonyl (C=O) groups excluding carboxylic acids is 1. The van der Waals surface area contributed by atoms with E-state index in [1.165, 1.54) is 28.6 Å². The number of benzene rings is 2. The van der Waals surface area contributed by atoms with E-state index >= 15 is 0 Å². The molecule has 156 valence electrons. The molecule has 0 bridgehead atoms. The maximum absolute atomic E-state index is 13.0. The second kappa shape index (κ2) is 9.67. The van der Waals surface area contributed by atoms with Gasteiger partial charge in [-0.3, -0.25) is 4.79 Å². The lowest BCUT2D eigenvalue weighted by Gasteiger charge is -2.26. The van der Waals surface area contributed by atoms with Gasteiger partial charge in [0.2, 0.25) is 10.0 Å². The first-order valence-electron chi connectivity index (χ1n) is 9.53. The van der Waals surface area contributed by atoms with Crippen LogP contribution in [0, 0.1) is 11.3 Å². The number of rotatable bonds is 7. The smallest absolute Gasteiger partial charge is 0.254 e. The first-order chi connectivity index (χ1) is 14.5. The maximum atomic E-state index is 13.0. The molecule has 1 amide bonds. The van der Waals surface area contributed by atoms with Crippen molar-refractivity contribution in [1.82, 2.24) is 9.21 Å². The molecule has 2 aromatic rings. The Morgan fingerprint density at radius 2 is 1.77 bits per heavy atom. The number of nitrogens with zero attached hydrogens (tertiary/aromatic N) is 3. The Morgan fingerprint density at radius 1 is 1.13 bits per heavy atom. The van der Waals surface area contributed by atoms with Crippen LogP contribution in [0.25, 0.3) is 0 Å². The van der Waals surface area contributed by atoms with Crippen molar-refractivity contribution in [2.75, 3.05) is 32.8 Å². The van der Waals surface area contributed by atoms with E-state index in [2.05, 4.69) is 12.6 Å². The summed E-state index contributed by atoms with van der Waals surface area (Å²) in [6.45, 7) is 5.80. The third-order valence-corrected chi connectivity index (χ3v) is 6.72. The monoisotopic (exact) mass is 425 g/mol. The summed E-state index contributed by atoms with van der Waals surface area (Å²) in [6, 6.07) is 15.1. The molecule has 1 saturated heterocycles. The molecular formula is C22H23N3O4S. The molecule has 1 aliphatic rings. The Kier molecular flexibility index (Phi) is 7.00. The number of hydrogen-bond donors (Lipinski definition) is 0. The summed E-state index contributed by atoms with van der Waals surface area (Å²) in [5.41, 5.74) is 1.83. The maximum Gasteiger partial charge on any atom is 0.254 e. The molecule has 2 aromatic carbocycles. The van der Waals surface area contributed by atoms with Crippen molar-refractivity contribution < 1.29 is 17.9 Å². The summed E-state index contributed by atoms with van der Waals surface area (Å²) in [4.78, 5) is 14.7. The van der Waals surface area contributed by atoms with E-state index in [4.69, 9.17) is 10.00 Å². The van der Waals surface area contributed by atoms with Crippen LogP contribution in [0.15, 0.2) is 66.1 Å². The lowest BCUT2D eigenvalue weighted by atomic mass is 10.1. The number of amides is 1. The average molecular weight is 426 g/mol. The summed E-state index contributed by atoms with van der Waals surface area (Å²) in [6.07, 6.45) is 1.64. The second-order valence-electron chi connectivity index (χ2n) is 6.82. The summed E-state index contributed by atoms with van der Waals surface area (Å²) in [5, 5.41) is 8.91. The van der Waals surface area contributed by atoms with Crippen molar-refractivity contribution in [1.29, 1.82) is 5.26 Å². The predicted octanol–water partition coefficient (Wildman–Crippen LogP) is 2.41. The SMILES string of the molecule is C=CCN(Cc1ccc(C#N)cc1)C(=O)c1ccc(S(=O)(=O)N2CCOCC2)cc1. The molecule has 7 nitrogen and oxygen atoms in total. The van der Waals surface area contributed by atoms with Gasteiger partial charge in [0.05, 0.1) is 29.7 Å². The van der Waals surface area contributed by atoms with E-state index in [1.807, 2.05) is 0 Å². The first kappa shape index (κ1) is 21.7. The molecule has 30 heavy (non-hydrogen) atoms. The first-order valence-corrected chi connectivity index (χ1v) is 11.0. The Balaban J connectivity index is 1.76. The van der Waals surface area contributed by atoms with Gasteiger partial charge in [-0.1, -0.05) is 18.2 Å². The molecule has 0 spiro atoms. The van der Waals surface area contributed by atoms with E-state index in [9.17, 15) is 13.2 Å². The van der Waals surface area contributed by atoms with Crippen molar-refractivity contribution in [3.05, 3.63) is 77.9 Å². The normalized spacial score (nSPS) is 14.6. The fourth-order valence-electron chi connectivity index (χ4n) is 3.17. The molecule has 1 fully saturated rings. The third kappa shape index (κ3) is 4.94. The molecule has 0 radical (unpaired) electrons. The quantitative estimate of drug-likeness (QED) is 0.636. The standard InChI is InChI=1S/C22H23N3O4S/c1-2-11-24(17-19-5-3-18(16-23)4-6-19)22(26)20-7-9-21(10-8-20)30(27,28)25-12-14-29-15-13-25/h2-10H,1,11-15,17H2. The molecule has 0 aliphatic carbocycles. The van der Waals surface area contributed by atoms with Gasteiger partial charge >= 0.3 is 0 Å². The highest BCUT2D eigenvalue weighted by Gasteiger charge is 2.26. The van der Waals surface area contributed by atoms with Crippen molar-refractivity contribution in [3.63, 3.8) is 0 Å². The molecular weight excluding hydrogens is 402 g/mol. The number of nitriles is 1. The van der Waals surface area contributed by atoms with Crippen LogP contribution in [-0.2, 0) is 21.3 Å². The van der Waals surface area contributed by atoms with E-state index in [1.54, 1.807) is 35.2 Å². The number of carbonyl (C=O) groups is 1. The molecule has 0 N–H and O–H groups in total. The molecule has 0 aromatic heterocycles. The number of ether oxygens (including phenoxy) is 1. The number of sulfonamides is 1. The zero-order chi connectivity index (χ0) is 21.6. The minimum absolute atomic E-state index is 0.156. The lowest BCUT2D eigenvalue weighted by Crippen LogP contribution is -2.40. The van der Waals surface area contributed by atoms with Crippen molar-refractivity contribution in [3.8, 4) is 6.07 Å². The van der Waals surface area contributed by atoms with Crippen molar-refractivity contribution in [2.24, 2.45) is 0 Å². The Labute approximate surface area is 176 Å². The van der Waals surface area contributed by atoms with E-state index < -0.39 is 10.0 Å². The van der Waals surface area contributed by atoms with Crippen LogP contribution in [0.4, 0.5) is 0 Å². The summed E-state index contributed by atoms with van der Waals surface area (Å²) in [5.74, 6) is -0.227. The lowest BCUT2D eigenvalue weighted by molar-refractivity contribution is 0.0730. The largest absolute Gasteiger partial charge is 0.379 e. The summed E-state index contributed by atoms with van der Waals surface area (Å²) in [7, 11) is -3.60. The number of morpholine rings is 1. The van der Waals surface area contributed by atoms with Gasteiger partial charge in [0.25, 0.3) is 5.91 Å². The average Bonchev–Trinajstić information content (AvgIpc) is 2.79. The highest BCUT2D eigenvalue weighted by molar-refractivity contribution is 7.89. The van der Waals surface area contributed by atoms with Gasteiger partial charge in [-0.05, 0) is 42.0 Å². The van der Waals surface area contributed by atoms with Crippen LogP contribution >= 0.6 is 0 Å². The van der Waals surface area contributed by atoms with Crippen LogP contribution < -0.4 is 0 Å². The van der Waals surface area contributed by atoms with Crippen molar-refractivity contribution >= 4 is 15.9 Å². The van der Waals surface area contributed by atoms with Crippen LogP contribution in [-0.4, -0.2) is 56.4 Å². The molecule has 0 saturated carbocycles. The van der Waals surface area contributed by atoms with Gasteiger partial charge in [0.15, 0.2) is 0 Å². The Hall–Kier alpha value is -2.99. The molecule has 0 atom stereocenters. The molecule has 1 aliphatic heterocycles. The zero-order valence-electron chi connectivity index (χ0n) is 16.5. The summed E-state index contributed by atoms with van der Waals surface area (Å²) < 4.78 is 32.1. The number of hydrogen-bond acceptors (Lipinski definition) is 5. The van der Waals surface area contributed by atoms with Crippen LogP contribution in [0.5, 0.6) is 0 Å². The van der Waals surface area contributed by atoms with Gasteiger partial charge in [-0.15, -0.1) is 6.58 Å². The highest BCUT2D eigenvalue weighted by Crippen LogP contribution is 2.19. The van der Waals surface area contributed by atoms with E-state index in [0.29, 0.717) is 50.5 Å². The summed E-state index contributed by atoms with van der Waals surface area (Å²) >= 11 is 0. The topological polar surface area (TPSA) is 90.7 Å². The Morgan fingerprint density at radius 3 is 2.33 bits per heavy atom. The van der Waals surface area contributed by atoms with Gasteiger partial charge in [0, 0.05) is 31.7 Å². The molecule has 3 rings (SSSR count). The third-order valence-electron chi connectivity index (χ3n) is 4.80. The zero-order valence-corrected chi connectivity index (χ0v) is 17.3. The fraction of sp³-hybridized carbons (Fsp3) is 0.273. The van der Waals surface area contributed by atoms with E-state index in [-0.39, 0.29) is 10.8 Å². The van der Waals surface area contributed by atoms with Gasteiger partial charge < -0.3 is 9.64 Å². The van der Waals surface area contributed by atoms with Crippen LogP contribution in [0.2, 0.25) is 0 Å². The van der Waals surface area contributed by atoms with E-state index in [0.717, 1.165) is 5.56 Å². The molecule has 8 heteroatoms. The van der Waals surface area contributed by atoms with Crippen LogP contribution in [0.1, 0.15) is 21.5 Å². The van der Waals surface area contributed by atoms with Gasteiger partial charge in [-0.25, -0.2) is 8.42 Å². The van der Waals surface area contributed by atoms with Crippen LogP contribution in [0.3, 0.4) is 0 Å². The Bertz CT molecular complexity index is 1040. The van der Waals surface area contributed by atoms with Crippen molar-refractivity contribution in [2.45, 2.75) is 11.4 Å². The molecule has 0 unspecified atom stereocenters. The highest BCUT2D eigenvalue weighted by atomic mass is 32.2. The van der Waals surface area contributed by atoms with Gasteiger partial charge in [-0.2, -0.15) is 9.57 Å².